The van der Waals surface area contributed by atoms with E-state index >= 15 is 0 Å². The van der Waals surface area contributed by atoms with Crippen LogP contribution in [0.15, 0.2) is 47.4 Å². The third-order valence-corrected chi connectivity index (χ3v) is 3.94. The number of rotatable bonds is 5. The third-order valence-electron chi connectivity index (χ3n) is 3.94. The summed E-state index contributed by atoms with van der Waals surface area (Å²) in [6, 6.07) is 7.93. The Hall–Kier alpha value is -3.22. The van der Waals surface area contributed by atoms with Crippen molar-refractivity contribution in [3.63, 3.8) is 0 Å². The normalized spacial score (nSPS) is 11.1. The first-order chi connectivity index (χ1) is 12.2. The fourth-order valence-electron chi connectivity index (χ4n) is 2.84. The molecule has 0 saturated carbocycles. The topological polar surface area (TPSA) is 81.7 Å². The molecule has 4 heterocycles. The average Bonchev–Trinajstić information content (AvgIpc) is 3.20. The molecule has 0 aliphatic carbocycles. The molecule has 25 heavy (non-hydrogen) atoms. The summed E-state index contributed by atoms with van der Waals surface area (Å²) in [4.78, 5) is 13.2. The molecule has 0 unspecified atom stereocenters. The second-order valence-corrected chi connectivity index (χ2v) is 5.93. The Bertz CT molecular complexity index is 1010. The summed E-state index contributed by atoms with van der Waals surface area (Å²) in [6.07, 6.45) is 5.63. The molecule has 0 spiro atoms. The molecule has 0 amide bonds. The first-order valence-electron chi connectivity index (χ1n) is 8.07. The van der Waals surface area contributed by atoms with Gasteiger partial charge in [0.2, 0.25) is 0 Å². The molecule has 1 N–H and O–H groups in total. The smallest absolute Gasteiger partial charge is 0.154 e. The third kappa shape index (κ3) is 3.21. The maximum absolute atomic E-state index is 5.12. The molecule has 4 aromatic rings. The lowest BCUT2D eigenvalue weighted by molar-refractivity contribution is 0.391. The zero-order chi connectivity index (χ0) is 17.2. The molecule has 0 bridgehead atoms. The lowest BCUT2D eigenvalue weighted by Gasteiger charge is -2.11. The lowest BCUT2D eigenvalue weighted by Crippen LogP contribution is -2.07. The summed E-state index contributed by atoms with van der Waals surface area (Å²) in [5.41, 5.74) is 3.91. The standard InChI is InChI=1S/C18H18N6O/c1-12-9-15(23-25-12)10-20-18-17-16(21-13(2)22-18)5-8-24(17)11-14-3-6-19-7-4-14/h3-9H,10-11H2,1-2H3,(H,20,21,22). The Labute approximate surface area is 144 Å². The van der Waals surface area contributed by atoms with E-state index in [0.29, 0.717) is 6.54 Å². The Morgan fingerprint density at radius 2 is 1.96 bits per heavy atom. The summed E-state index contributed by atoms with van der Waals surface area (Å²) in [5.74, 6) is 2.32. The maximum atomic E-state index is 5.12. The SMILES string of the molecule is Cc1nc(NCc2cc(C)on2)c2c(ccn2Cc2ccncc2)n1. The van der Waals surface area contributed by atoms with Crippen molar-refractivity contribution in [3.05, 3.63) is 65.7 Å². The van der Waals surface area contributed by atoms with Crippen molar-refractivity contribution < 1.29 is 4.52 Å². The molecular formula is C18H18N6O. The molecule has 0 saturated heterocycles. The average molecular weight is 334 g/mol. The van der Waals surface area contributed by atoms with E-state index in [1.54, 1.807) is 12.4 Å². The largest absolute Gasteiger partial charge is 0.362 e. The van der Waals surface area contributed by atoms with Crippen molar-refractivity contribution in [3.8, 4) is 0 Å². The molecule has 0 aliphatic heterocycles. The number of nitrogens with zero attached hydrogens (tertiary/aromatic N) is 5. The van der Waals surface area contributed by atoms with Crippen LogP contribution in [0.4, 0.5) is 5.82 Å². The van der Waals surface area contributed by atoms with Gasteiger partial charge >= 0.3 is 0 Å². The van der Waals surface area contributed by atoms with Gasteiger partial charge in [0.05, 0.1) is 12.1 Å². The summed E-state index contributed by atoms with van der Waals surface area (Å²) < 4.78 is 7.26. The first-order valence-corrected chi connectivity index (χ1v) is 8.07. The summed E-state index contributed by atoms with van der Waals surface area (Å²) >= 11 is 0. The van der Waals surface area contributed by atoms with Crippen LogP contribution < -0.4 is 5.32 Å². The van der Waals surface area contributed by atoms with Crippen LogP contribution in [-0.4, -0.2) is 24.7 Å². The number of fused-ring (bicyclic) bond motifs is 1. The number of hydrogen-bond acceptors (Lipinski definition) is 6. The molecule has 0 aliphatic rings. The van der Waals surface area contributed by atoms with Crippen molar-refractivity contribution in [2.45, 2.75) is 26.9 Å². The highest BCUT2D eigenvalue weighted by Crippen LogP contribution is 2.23. The van der Waals surface area contributed by atoms with Gasteiger partial charge in [0, 0.05) is 31.2 Å². The Kier molecular flexibility index (Phi) is 3.89. The van der Waals surface area contributed by atoms with Crippen LogP contribution >= 0.6 is 0 Å². The van der Waals surface area contributed by atoms with Crippen molar-refractivity contribution in [1.29, 1.82) is 0 Å². The van der Waals surface area contributed by atoms with Gasteiger partial charge in [0.25, 0.3) is 0 Å². The van der Waals surface area contributed by atoms with Gasteiger partial charge in [-0.1, -0.05) is 5.16 Å². The molecule has 0 aromatic carbocycles. The molecule has 4 rings (SSSR count). The van der Waals surface area contributed by atoms with Crippen LogP contribution in [0.3, 0.4) is 0 Å². The van der Waals surface area contributed by atoms with Crippen LogP contribution in [0, 0.1) is 13.8 Å². The first kappa shape index (κ1) is 15.3. The lowest BCUT2D eigenvalue weighted by atomic mass is 10.2. The predicted octanol–water partition coefficient (Wildman–Crippen LogP) is 3.09. The van der Waals surface area contributed by atoms with Crippen LogP contribution in [0.25, 0.3) is 11.0 Å². The fraction of sp³-hybridized carbons (Fsp3) is 0.222. The van der Waals surface area contributed by atoms with E-state index in [1.807, 2.05) is 44.3 Å². The van der Waals surface area contributed by atoms with Crippen LogP contribution in [0.2, 0.25) is 0 Å². The fourth-order valence-corrected chi connectivity index (χ4v) is 2.84. The molecule has 0 radical (unpaired) electrons. The van der Waals surface area contributed by atoms with Crippen molar-refractivity contribution >= 4 is 16.9 Å². The van der Waals surface area contributed by atoms with Crippen molar-refractivity contribution in [1.82, 2.24) is 24.7 Å². The van der Waals surface area contributed by atoms with E-state index in [-0.39, 0.29) is 0 Å². The highest BCUT2D eigenvalue weighted by Gasteiger charge is 2.12. The number of aromatic nitrogens is 5. The van der Waals surface area contributed by atoms with E-state index in [9.17, 15) is 0 Å². The highest BCUT2D eigenvalue weighted by atomic mass is 16.5. The van der Waals surface area contributed by atoms with Gasteiger partial charge in [-0.2, -0.15) is 0 Å². The Morgan fingerprint density at radius 3 is 2.72 bits per heavy atom. The van der Waals surface area contributed by atoms with Crippen LogP contribution in [-0.2, 0) is 13.1 Å². The zero-order valence-electron chi connectivity index (χ0n) is 14.1. The number of aryl methyl sites for hydroxylation is 2. The van der Waals surface area contributed by atoms with Crippen molar-refractivity contribution in [2.75, 3.05) is 5.32 Å². The second-order valence-electron chi connectivity index (χ2n) is 5.93. The predicted molar refractivity (Wildman–Crippen MR) is 94.2 cm³/mol. The van der Waals surface area contributed by atoms with E-state index < -0.39 is 0 Å². The summed E-state index contributed by atoms with van der Waals surface area (Å²) in [6.45, 7) is 5.05. The molecular weight excluding hydrogens is 316 g/mol. The van der Waals surface area contributed by atoms with Gasteiger partial charge in [-0.25, -0.2) is 9.97 Å². The Morgan fingerprint density at radius 1 is 1.12 bits per heavy atom. The molecule has 0 fully saturated rings. The molecule has 0 atom stereocenters. The van der Waals surface area contributed by atoms with E-state index in [1.165, 1.54) is 5.56 Å². The number of anilines is 1. The number of nitrogens with one attached hydrogen (secondary N) is 1. The van der Waals surface area contributed by atoms with Gasteiger partial charge in [-0.3, -0.25) is 4.98 Å². The van der Waals surface area contributed by atoms with E-state index in [0.717, 1.165) is 40.7 Å². The van der Waals surface area contributed by atoms with Gasteiger partial charge in [-0.15, -0.1) is 0 Å². The quantitative estimate of drug-likeness (QED) is 0.604. The zero-order valence-corrected chi connectivity index (χ0v) is 14.1. The van der Waals surface area contributed by atoms with Gasteiger partial charge in [0.15, 0.2) is 5.82 Å². The van der Waals surface area contributed by atoms with Crippen molar-refractivity contribution in [2.24, 2.45) is 0 Å². The van der Waals surface area contributed by atoms with E-state index in [2.05, 4.69) is 30.0 Å². The monoisotopic (exact) mass is 334 g/mol. The summed E-state index contributed by atoms with van der Waals surface area (Å²) in [5, 5.41) is 7.38. The van der Waals surface area contributed by atoms with Crippen LogP contribution in [0.5, 0.6) is 0 Å². The Balaban J connectivity index is 1.68. The summed E-state index contributed by atoms with van der Waals surface area (Å²) in [7, 11) is 0. The van der Waals surface area contributed by atoms with Gasteiger partial charge in [0.1, 0.15) is 22.8 Å². The minimum atomic E-state index is 0.545. The maximum Gasteiger partial charge on any atom is 0.154 e. The van der Waals surface area contributed by atoms with E-state index in [4.69, 9.17) is 4.52 Å². The minimum absolute atomic E-state index is 0.545. The highest BCUT2D eigenvalue weighted by molar-refractivity contribution is 5.86. The van der Waals surface area contributed by atoms with Crippen LogP contribution in [0.1, 0.15) is 22.8 Å². The number of pyridine rings is 1. The van der Waals surface area contributed by atoms with Gasteiger partial charge < -0.3 is 14.4 Å². The second kappa shape index (κ2) is 6.35. The molecule has 126 valence electrons. The molecule has 7 heteroatoms. The molecule has 7 nitrogen and oxygen atoms in total. The van der Waals surface area contributed by atoms with Gasteiger partial charge in [-0.05, 0) is 37.6 Å². The number of hydrogen-bond donors (Lipinski definition) is 1. The minimum Gasteiger partial charge on any atom is -0.362 e. The molecule has 4 aromatic heterocycles.